The van der Waals surface area contributed by atoms with Crippen LogP contribution < -0.4 is 16.1 Å². The van der Waals surface area contributed by atoms with E-state index in [0.717, 1.165) is 24.9 Å². The van der Waals surface area contributed by atoms with E-state index in [2.05, 4.69) is 39.3 Å². The van der Waals surface area contributed by atoms with Gasteiger partial charge in [-0.15, -0.1) is 0 Å². The highest BCUT2D eigenvalue weighted by molar-refractivity contribution is 5.82. The molecule has 4 aliphatic rings. The zero-order valence-electron chi connectivity index (χ0n) is 16.8. The van der Waals surface area contributed by atoms with Crippen molar-refractivity contribution >= 4 is 11.6 Å². The number of fused-ring (bicyclic) bond motifs is 2. The first-order chi connectivity index (χ1) is 13.9. The van der Waals surface area contributed by atoms with Crippen molar-refractivity contribution in [3.05, 3.63) is 29.3 Å². The monoisotopic (exact) mass is 395 g/mol. The zero-order valence-corrected chi connectivity index (χ0v) is 16.8. The molecule has 2 saturated heterocycles. The molecule has 2 heterocycles. The zero-order chi connectivity index (χ0) is 20.2. The van der Waals surface area contributed by atoms with Gasteiger partial charge in [-0.1, -0.05) is 6.07 Å². The van der Waals surface area contributed by atoms with E-state index >= 15 is 0 Å². The number of nitrogens with one attached hydrogen (secondary N) is 3. The summed E-state index contributed by atoms with van der Waals surface area (Å²) in [5.41, 5.74) is 6.21. The Kier molecular flexibility index (Phi) is 4.54. The highest BCUT2D eigenvalue weighted by Crippen LogP contribution is 2.41. The number of hydrazine groups is 1. The number of carbonyl (C=O) groups excluding carboxylic acids is 1. The van der Waals surface area contributed by atoms with Crippen LogP contribution in [-0.2, 0) is 17.6 Å². The van der Waals surface area contributed by atoms with Gasteiger partial charge in [0.25, 0.3) is 0 Å². The third-order valence-corrected chi connectivity index (χ3v) is 6.96. The molecule has 1 aromatic carbocycles. The minimum atomic E-state index is -0.674. The van der Waals surface area contributed by atoms with Crippen molar-refractivity contribution in [3.63, 3.8) is 0 Å². The van der Waals surface area contributed by atoms with Crippen LogP contribution in [0.5, 0.6) is 0 Å². The topological polar surface area (TPSA) is 100 Å². The van der Waals surface area contributed by atoms with Gasteiger partial charge in [-0.25, -0.2) is 10.4 Å². The third kappa shape index (κ3) is 3.50. The summed E-state index contributed by atoms with van der Waals surface area (Å²) in [4.78, 5) is 12.7. The lowest BCUT2D eigenvalue weighted by Crippen LogP contribution is -2.52. The predicted molar refractivity (Wildman–Crippen MR) is 109 cm³/mol. The van der Waals surface area contributed by atoms with Gasteiger partial charge in [0.2, 0.25) is 5.91 Å². The Morgan fingerprint density at radius 3 is 2.90 bits per heavy atom. The number of carbonyl (C=O) groups is 1. The number of nitriles is 1. The van der Waals surface area contributed by atoms with Gasteiger partial charge in [-0.3, -0.25) is 4.79 Å². The Morgan fingerprint density at radius 2 is 2.14 bits per heavy atom. The molecule has 2 aliphatic carbocycles. The Labute approximate surface area is 171 Å². The Bertz CT molecular complexity index is 859. The molecule has 0 spiro atoms. The first kappa shape index (κ1) is 18.9. The van der Waals surface area contributed by atoms with Gasteiger partial charge in [-0.2, -0.15) is 5.26 Å². The molecule has 1 aromatic rings. The van der Waals surface area contributed by atoms with Gasteiger partial charge < -0.3 is 15.7 Å². The average molecular weight is 396 g/mol. The molecule has 0 aromatic heterocycles. The molecule has 4 unspecified atom stereocenters. The van der Waals surface area contributed by atoms with Crippen LogP contribution in [0.25, 0.3) is 0 Å². The number of anilines is 1. The quantitative estimate of drug-likeness (QED) is 0.600. The molecule has 5 atom stereocenters. The molecule has 4 N–H and O–H groups in total. The lowest BCUT2D eigenvalue weighted by atomic mass is 9.90. The summed E-state index contributed by atoms with van der Waals surface area (Å²) < 4.78 is 0. The molecule has 2 aliphatic heterocycles. The molecule has 3 fully saturated rings. The summed E-state index contributed by atoms with van der Waals surface area (Å²) >= 11 is 0. The largest absolute Gasteiger partial charge is 0.389 e. The van der Waals surface area contributed by atoms with E-state index in [1.165, 1.54) is 11.1 Å². The molecule has 0 radical (unpaired) electrons. The van der Waals surface area contributed by atoms with Crippen LogP contribution in [0.4, 0.5) is 5.69 Å². The van der Waals surface area contributed by atoms with E-state index in [1.807, 2.05) is 13.0 Å². The fourth-order valence-corrected chi connectivity index (χ4v) is 5.48. The van der Waals surface area contributed by atoms with Crippen LogP contribution in [0.2, 0.25) is 0 Å². The van der Waals surface area contributed by atoms with Gasteiger partial charge in [-0.05, 0) is 55.4 Å². The normalized spacial score (nSPS) is 34.8. The van der Waals surface area contributed by atoms with Crippen molar-refractivity contribution in [1.29, 1.82) is 5.26 Å². The highest BCUT2D eigenvalue weighted by atomic mass is 16.3. The maximum absolute atomic E-state index is 12.7. The lowest BCUT2D eigenvalue weighted by Gasteiger charge is -2.34. The van der Waals surface area contributed by atoms with Crippen LogP contribution in [-0.4, -0.2) is 46.4 Å². The SMILES string of the molecule is CC1(O)Cc2ccc(NC3NN([C@@H](CC#N)C4CC4)C4CCNC(=O)C34)cc2C1. The first-order valence-electron chi connectivity index (χ1n) is 10.7. The molecular weight excluding hydrogens is 366 g/mol. The molecular formula is C22H29N5O2. The molecule has 0 bridgehead atoms. The summed E-state index contributed by atoms with van der Waals surface area (Å²) in [7, 11) is 0. The number of hydrogen-bond acceptors (Lipinski definition) is 6. The van der Waals surface area contributed by atoms with Crippen LogP contribution in [0.15, 0.2) is 18.2 Å². The highest BCUT2D eigenvalue weighted by Gasteiger charge is 2.51. The maximum Gasteiger partial charge on any atom is 0.228 e. The van der Waals surface area contributed by atoms with E-state index in [1.54, 1.807) is 0 Å². The number of aliphatic hydroxyl groups is 1. The molecule has 154 valence electrons. The standard InChI is InChI=1S/C22H29N5O2/c1-22(29)11-14-4-5-16(10-15(14)12-22)25-20-19-18(7-9-24-21(19)28)27(26-20)17(6-8-23)13-2-3-13/h4-5,10,13,17-20,25-26,29H,2-3,6-7,9,11-12H2,1H3,(H,24,28)/t17-,18?,19?,20?,22?/m0/s1. The van der Waals surface area contributed by atoms with E-state index in [4.69, 9.17) is 0 Å². The molecule has 1 amide bonds. The van der Waals surface area contributed by atoms with Crippen molar-refractivity contribution in [1.82, 2.24) is 15.8 Å². The van der Waals surface area contributed by atoms with Crippen LogP contribution >= 0.6 is 0 Å². The summed E-state index contributed by atoms with van der Waals surface area (Å²) in [6.07, 6.45) is 4.84. The smallest absolute Gasteiger partial charge is 0.228 e. The van der Waals surface area contributed by atoms with E-state index < -0.39 is 5.60 Å². The van der Waals surface area contributed by atoms with Crippen molar-refractivity contribution in [2.24, 2.45) is 11.8 Å². The number of hydrogen-bond donors (Lipinski definition) is 4. The van der Waals surface area contributed by atoms with E-state index in [0.29, 0.717) is 31.7 Å². The van der Waals surface area contributed by atoms with E-state index in [9.17, 15) is 15.2 Å². The first-order valence-corrected chi connectivity index (χ1v) is 10.7. The molecule has 1 saturated carbocycles. The van der Waals surface area contributed by atoms with Crippen LogP contribution in [0.1, 0.15) is 43.7 Å². The van der Waals surface area contributed by atoms with Crippen molar-refractivity contribution in [3.8, 4) is 6.07 Å². The fraction of sp³-hybridized carbons (Fsp3) is 0.636. The Balaban J connectivity index is 1.38. The number of amides is 1. The van der Waals surface area contributed by atoms with Gasteiger partial charge in [0.05, 0.1) is 24.0 Å². The van der Waals surface area contributed by atoms with Crippen molar-refractivity contribution in [2.45, 2.75) is 69.3 Å². The van der Waals surface area contributed by atoms with Crippen molar-refractivity contribution < 1.29 is 9.90 Å². The Hall–Kier alpha value is -2.14. The van der Waals surface area contributed by atoms with Crippen LogP contribution in [0.3, 0.4) is 0 Å². The Morgan fingerprint density at radius 1 is 1.34 bits per heavy atom. The molecule has 29 heavy (non-hydrogen) atoms. The number of piperidine rings is 1. The second kappa shape index (κ2) is 6.98. The van der Waals surface area contributed by atoms with Gasteiger partial charge in [0.1, 0.15) is 6.17 Å². The molecule has 7 heteroatoms. The fourth-order valence-electron chi connectivity index (χ4n) is 5.48. The minimum Gasteiger partial charge on any atom is -0.389 e. The summed E-state index contributed by atoms with van der Waals surface area (Å²) in [6.45, 7) is 2.56. The maximum atomic E-state index is 12.7. The number of benzene rings is 1. The summed E-state index contributed by atoms with van der Waals surface area (Å²) in [5, 5.41) is 28.5. The van der Waals surface area contributed by atoms with E-state index in [-0.39, 0.29) is 30.1 Å². The molecule has 5 rings (SSSR count). The summed E-state index contributed by atoms with van der Waals surface area (Å²) in [6, 6.07) is 8.83. The predicted octanol–water partition coefficient (Wildman–Crippen LogP) is 1.29. The number of nitrogens with zero attached hydrogens (tertiary/aromatic N) is 2. The third-order valence-electron chi connectivity index (χ3n) is 6.96. The second-order valence-corrected chi connectivity index (χ2v) is 9.43. The van der Waals surface area contributed by atoms with Gasteiger partial charge >= 0.3 is 0 Å². The average Bonchev–Trinajstić information content (AvgIpc) is 3.37. The lowest BCUT2D eigenvalue weighted by molar-refractivity contribution is -0.128. The van der Waals surface area contributed by atoms with Gasteiger partial charge in [0, 0.05) is 37.2 Å². The van der Waals surface area contributed by atoms with Gasteiger partial charge in [0.15, 0.2) is 0 Å². The van der Waals surface area contributed by atoms with Crippen molar-refractivity contribution in [2.75, 3.05) is 11.9 Å². The summed E-state index contributed by atoms with van der Waals surface area (Å²) in [5.74, 6) is 0.429. The number of rotatable bonds is 5. The molecule has 7 nitrogen and oxygen atoms in total. The second-order valence-electron chi connectivity index (χ2n) is 9.43. The minimum absolute atomic E-state index is 0.0735. The van der Waals surface area contributed by atoms with Crippen LogP contribution in [0, 0.1) is 23.2 Å².